The Hall–Kier alpha value is -0.160. The van der Waals surface area contributed by atoms with Gasteiger partial charge in [-0.2, -0.15) is 0 Å². The molecule has 0 aromatic rings. The summed E-state index contributed by atoms with van der Waals surface area (Å²) in [5.74, 6) is 0. The van der Waals surface area contributed by atoms with Crippen molar-refractivity contribution in [3.63, 3.8) is 0 Å². The van der Waals surface area contributed by atoms with E-state index >= 15 is 0 Å². The van der Waals surface area contributed by atoms with Crippen LogP contribution in [0.15, 0.2) is 0 Å². The molecule has 4 heteroatoms. The van der Waals surface area contributed by atoms with Crippen LogP contribution in [0.2, 0.25) is 0 Å². The second-order valence-electron chi connectivity index (χ2n) is 5.17. The van der Waals surface area contributed by atoms with Gasteiger partial charge in [0.05, 0.1) is 17.8 Å². The lowest BCUT2D eigenvalue weighted by Crippen LogP contribution is -2.40. The van der Waals surface area contributed by atoms with Gasteiger partial charge >= 0.3 is 0 Å². The Bertz CT molecular complexity index is 216. The molecule has 2 atom stereocenters. The van der Waals surface area contributed by atoms with Gasteiger partial charge in [-0.05, 0) is 12.8 Å². The summed E-state index contributed by atoms with van der Waals surface area (Å²) in [6.07, 6.45) is 4.50. The van der Waals surface area contributed by atoms with Crippen LogP contribution in [0, 0.1) is 0 Å². The van der Waals surface area contributed by atoms with Gasteiger partial charge in [-0.3, -0.25) is 4.90 Å². The molecule has 0 aromatic carbocycles. The molecule has 0 radical (unpaired) electrons. The van der Waals surface area contributed by atoms with Crippen LogP contribution in [0.3, 0.4) is 0 Å². The maximum Gasteiger partial charge on any atom is 0.0971 e. The highest BCUT2D eigenvalue weighted by Crippen LogP contribution is 2.31. The summed E-state index contributed by atoms with van der Waals surface area (Å²) < 4.78 is 10.8. The molecule has 4 nitrogen and oxygen atoms in total. The molecule has 0 aromatic heterocycles. The van der Waals surface area contributed by atoms with E-state index in [0.717, 1.165) is 45.3 Å². The zero-order valence-corrected chi connectivity index (χ0v) is 10.3. The van der Waals surface area contributed by atoms with Crippen LogP contribution in [-0.2, 0) is 9.47 Å². The number of aliphatic hydroxyl groups is 1. The maximum atomic E-state index is 10.3. The molecule has 2 unspecified atom stereocenters. The van der Waals surface area contributed by atoms with Crippen molar-refractivity contribution in [3.8, 4) is 0 Å². The molecule has 0 spiro atoms. The molecule has 0 bridgehead atoms. The van der Waals surface area contributed by atoms with Gasteiger partial charge in [0.25, 0.3) is 0 Å². The first-order valence-corrected chi connectivity index (χ1v) is 6.17. The van der Waals surface area contributed by atoms with Crippen molar-refractivity contribution < 1.29 is 14.6 Å². The monoisotopic (exact) mass is 229 g/mol. The van der Waals surface area contributed by atoms with Crippen molar-refractivity contribution in [2.75, 3.05) is 33.9 Å². The van der Waals surface area contributed by atoms with E-state index in [-0.39, 0.29) is 12.2 Å². The van der Waals surface area contributed by atoms with Crippen molar-refractivity contribution in [2.45, 2.75) is 43.5 Å². The first-order valence-electron chi connectivity index (χ1n) is 6.17. The molecular weight excluding hydrogens is 206 g/mol. The summed E-state index contributed by atoms with van der Waals surface area (Å²) in [5.41, 5.74) is -0.457. The van der Waals surface area contributed by atoms with Gasteiger partial charge < -0.3 is 14.6 Å². The molecule has 1 aliphatic carbocycles. The van der Waals surface area contributed by atoms with E-state index in [1.54, 1.807) is 14.2 Å². The smallest absolute Gasteiger partial charge is 0.0971 e. The quantitative estimate of drug-likeness (QED) is 0.768. The predicted molar refractivity (Wildman–Crippen MR) is 61.5 cm³/mol. The van der Waals surface area contributed by atoms with Crippen LogP contribution in [-0.4, -0.2) is 61.7 Å². The molecule has 1 heterocycles. The Labute approximate surface area is 97.5 Å². The van der Waals surface area contributed by atoms with Crippen molar-refractivity contribution in [1.82, 2.24) is 4.90 Å². The highest BCUT2D eigenvalue weighted by atomic mass is 16.5. The number of hydrogen-bond donors (Lipinski definition) is 1. The van der Waals surface area contributed by atoms with Gasteiger partial charge in [0.1, 0.15) is 0 Å². The van der Waals surface area contributed by atoms with Gasteiger partial charge in [0.15, 0.2) is 0 Å². The standard InChI is InChI=1S/C12H23NO3/c1-15-10-7-13(8-11(10)16-2)9-12(14)5-3-4-6-12/h10-11,14H,3-9H2,1-2H3. The fourth-order valence-corrected chi connectivity index (χ4v) is 3.01. The second-order valence-corrected chi connectivity index (χ2v) is 5.17. The molecule has 2 aliphatic rings. The Morgan fingerprint density at radius 3 is 2.06 bits per heavy atom. The largest absolute Gasteiger partial charge is 0.389 e. The first kappa shape index (κ1) is 12.3. The lowest BCUT2D eigenvalue weighted by molar-refractivity contribution is -0.00461. The molecule has 0 amide bonds. The zero-order valence-electron chi connectivity index (χ0n) is 10.3. The topological polar surface area (TPSA) is 41.9 Å². The highest BCUT2D eigenvalue weighted by Gasteiger charge is 2.39. The molecule has 16 heavy (non-hydrogen) atoms. The SMILES string of the molecule is COC1CN(CC2(O)CCCC2)CC1OC. The van der Waals surface area contributed by atoms with E-state index in [4.69, 9.17) is 9.47 Å². The molecule has 1 N–H and O–H groups in total. The normalized spacial score (nSPS) is 34.7. The summed E-state index contributed by atoms with van der Waals surface area (Å²) in [6.45, 7) is 2.52. The van der Waals surface area contributed by atoms with Crippen molar-refractivity contribution in [1.29, 1.82) is 0 Å². The lowest BCUT2D eigenvalue weighted by atomic mass is 10.0. The minimum Gasteiger partial charge on any atom is -0.389 e. The number of β-amino-alcohol motifs (C(OH)–C–C–N with tert-alkyl or cyclic N) is 1. The third kappa shape index (κ3) is 2.56. The Kier molecular flexibility index (Phi) is 3.85. The van der Waals surface area contributed by atoms with Crippen molar-refractivity contribution in [3.05, 3.63) is 0 Å². The van der Waals surface area contributed by atoms with Gasteiger partial charge in [-0.15, -0.1) is 0 Å². The molecular formula is C12H23NO3. The number of nitrogens with zero attached hydrogens (tertiary/aromatic N) is 1. The van der Waals surface area contributed by atoms with Gasteiger partial charge in [0.2, 0.25) is 0 Å². The maximum absolute atomic E-state index is 10.3. The Balaban J connectivity index is 1.87. The van der Waals surface area contributed by atoms with Crippen LogP contribution in [0.25, 0.3) is 0 Å². The van der Waals surface area contributed by atoms with Crippen LogP contribution in [0.4, 0.5) is 0 Å². The predicted octanol–water partition coefficient (Wildman–Crippen LogP) is 0.637. The van der Waals surface area contributed by atoms with Crippen molar-refractivity contribution in [2.24, 2.45) is 0 Å². The fourth-order valence-electron chi connectivity index (χ4n) is 3.01. The third-order valence-electron chi connectivity index (χ3n) is 3.95. The van der Waals surface area contributed by atoms with Gasteiger partial charge in [0, 0.05) is 33.9 Å². The summed E-state index contributed by atoms with van der Waals surface area (Å²) in [4.78, 5) is 2.27. The Morgan fingerprint density at radius 1 is 1.12 bits per heavy atom. The summed E-state index contributed by atoms with van der Waals surface area (Å²) in [7, 11) is 3.45. The zero-order chi connectivity index (χ0) is 11.6. The van der Waals surface area contributed by atoms with E-state index in [2.05, 4.69) is 4.90 Å². The van der Waals surface area contributed by atoms with Crippen LogP contribution in [0.1, 0.15) is 25.7 Å². The summed E-state index contributed by atoms with van der Waals surface area (Å²) in [6, 6.07) is 0. The molecule has 1 aliphatic heterocycles. The minimum absolute atomic E-state index is 0.148. The summed E-state index contributed by atoms with van der Waals surface area (Å²) >= 11 is 0. The lowest BCUT2D eigenvalue weighted by Gasteiger charge is -2.28. The fraction of sp³-hybridized carbons (Fsp3) is 1.00. The molecule has 2 fully saturated rings. The van der Waals surface area contributed by atoms with E-state index < -0.39 is 5.60 Å². The number of methoxy groups -OCH3 is 2. The first-order chi connectivity index (χ1) is 7.67. The number of rotatable bonds is 4. The number of hydrogen-bond acceptors (Lipinski definition) is 4. The van der Waals surface area contributed by atoms with Gasteiger partial charge in [-0.25, -0.2) is 0 Å². The average molecular weight is 229 g/mol. The minimum atomic E-state index is -0.457. The van der Waals surface area contributed by atoms with E-state index in [0.29, 0.717) is 0 Å². The number of ether oxygens (including phenoxy) is 2. The molecule has 1 saturated carbocycles. The molecule has 1 saturated heterocycles. The highest BCUT2D eigenvalue weighted by molar-refractivity contribution is 4.93. The number of likely N-dealkylation sites (tertiary alicyclic amines) is 1. The molecule has 94 valence electrons. The van der Waals surface area contributed by atoms with E-state index in [1.165, 1.54) is 0 Å². The van der Waals surface area contributed by atoms with Crippen molar-refractivity contribution >= 4 is 0 Å². The van der Waals surface area contributed by atoms with Crippen LogP contribution < -0.4 is 0 Å². The average Bonchev–Trinajstić information content (AvgIpc) is 2.85. The second kappa shape index (κ2) is 5.00. The third-order valence-corrected chi connectivity index (χ3v) is 3.95. The summed E-state index contributed by atoms with van der Waals surface area (Å²) in [5, 5.41) is 10.3. The van der Waals surface area contributed by atoms with Crippen LogP contribution >= 0.6 is 0 Å². The van der Waals surface area contributed by atoms with Crippen LogP contribution in [0.5, 0.6) is 0 Å². The molecule has 2 rings (SSSR count). The Morgan fingerprint density at radius 2 is 1.62 bits per heavy atom. The van der Waals surface area contributed by atoms with Gasteiger partial charge in [-0.1, -0.05) is 12.8 Å². The van der Waals surface area contributed by atoms with E-state index in [9.17, 15) is 5.11 Å². The van der Waals surface area contributed by atoms with E-state index in [1.807, 2.05) is 0 Å².